The highest BCUT2D eigenvalue weighted by atomic mass is 19.1. The third kappa shape index (κ3) is 3.06. The predicted molar refractivity (Wildman–Crippen MR) is 91.2 cm³/mol. The second kappa shape index (κ2) is 7.12. The van der Waals surface area contributed by atoms with Crippen molar-refractivity contribution < 1.29 is 9.13 Å². The van der Waals surface area contributed by atoms with Crippen molar-refractivity contribution >= 4 is 0 Å². The second-order valence-corrected chi connectivity index (χ2v) is 6.12. The minimum Gasteiger partial charge on any atom is -0.365 e. The molecule has 0 saturated heterocycles. The molecule has 0 fully saturated rings. The number of benzene rings is 2. The van der Waals surface area contributed by atoms with Crippen LogP contribution in [0.15, 0.2) is 42.5 Å². The van der Waals surface area contributed by atoms with E-state index in [0.29, 0.717) is 12.2 Å². The lowest BCUT2D eigenvalue weighted by molar-refractivity contribution is -0.0357. The Kier molecular flexibility index (Phi) is 4.94. The SMILES string of the molecule is CNCCCC1(c2ccc(F)cc2)OCCc2cc(C#N)ccc21. The van der Waals surface area contributed by atoms with E-state index in [0.717, 1.165) is 42.5 Å². The number of rotatable bonds is 5. The van der Waals surface area contributed by atoms with Gasteiger partial charge in [-0.3, -0.25) is 0 Å². The Labute approximate surface area is 142 Å². The Balaban J connectivity index is 2.09. The van der Waals surface area contributed by atoms with E-state index >= 15 is 0 Å². The molecule has 3 nitrogen and oxygen atoms in total. The van der Waals surface area contributed by atoms with Gasteiger partial charge < -0.3 is 10.1 Å². The Morgan fingerprint density at radius 2 is 2.04 bits per heavy atom. The van der Waals surface area contributed by atoms with Crippen molar-refractivity contribution in [3.8, 4) is 6.07 Å². The van der Waals surface area contributed by atoms with Gasteiger partial charge in [-0.2, -0.15) is 5.26 Å². The van der Waals surface area contributed by atoms with Crippen molar-refractivity contribution in [1.29, 1.82) is 5.26 Å². The molecular formula is C20H21FN2O. The molecule has 0 saturated carbocycles. The fourth-order valence-electron chi connectivity index (χ4n) is 3.50. The first-order valence-electron chi connectivity index (χ1n) is 8.28. The van der Waals surface area contributed by atoms with Gasteiger partial charge in [0.1, 0.15) is 11.4 Å². The summed E-state index contributed by atoms with van der Waals surface area (Å²) >= 11 is 0. The quantitative estimate of drug-likeness (QED) is 0.856. The van der Waals surface area contributed by atoms with Crippen LogP contribution in [0.1, 0.15) is 35.1 Å². The van der Waals surface area contributed by atoms with Crippen LogP contribution in [0.4, 0.5) is 4.39 Å². The second-order valence-electron chi connectivity index (χ2n) is 6.12. The Hall–Kier alpha value is -2.22. The van der Waals surface area contributed by atoms with E-state index in [2.05, 4.69) is 11.4 Å². The molecule has 124 valence electrons. The van der Waals surface area contributed by atoms with Gasteiger partial charge in [-0.25, -0.2) is 4.39 Å². The zero-order chi connectivity index (χ0) is 17.0. The molecular weight excluding hydrogens is 303 g/mol. The number of halogens is 1. The molecule has 0 bridgehead atoms. The van der Waals surface area contributed by atoms with E-state index < -0.39 is 5.60 Å². The van der Waals surface area contributed by atoms with Crippen molar-refractivity contribution in [2.24, 2.45) is 0 Å². The first kappa shape index (κ1) is 16.6. The van der Waals surface area contributed by atoms with Crippen LogP contribution < -0.4 is 5.32 Å². The van der Waals surface area contributed by atoms with E-state index in [1.54, 1.807) is 0 Å². The number of nitrogens with one attached hydrogen (secondary N) is 1. The number of hydrogen-bond donors (Lipinski definition) is 1. The first-order chi connectivity index (χ1) is 11.7. The molecule has 0 aliphatic carbocycles. The number of nitrogens with zero attached hydrogens (tertiary/aromatic N) is 1. The summed E-state index contributed by atoms with van der Waals surface area (Å²) in [6.07, 6.45) is 2.53. The van der Waals surface area contributed by atoms with Gasteiger partial charge >= 0.3 is 0 Å². The minimum atomic E-state index is -0.577. The maximum atomic E-state index is 13.4. The third-order valence-electron chi connectivity index (χ3n) is 4.66. The number of ether oxygens (including phenoxy) is 1. The molecule has 0 radical (unpaired) electrons. The summed E-state index contributed by atoms with van der Waals surface area (Å²) < 4.78 is 19.7. The van der Waals surface area contributed by atoms with Crippen molar-refractivity contribution in [2.75, 3.05) is 20.2 Å². The molecule has 1 aliphatic rings. The fourth-order valence-corrected chi connectivity index (χ4v) is 3.50. The predicted octanol–water partition coefficient (Wildman–Crippen LogP) is 3.51. The molecule has 0 spiro atoms. The molecule has 2 aromatic carbocycles. The van der Waals surface area contributed by atoms with Gasteiger partial charge in [-0.15, -0.1) is 0 Å². The van der Waals surface area contributed by atoms with Gasteiger partial charge in [0.25, 0.3) is 0 Å². The number of nitriles is 1. The lowest BCUT2D eigenvalue weighted by Crippen LogP contribution is -2.37. The van der Waals surface area contributed by atoms with Crippen LogP contribution in [0, 0.1) is 17.1 Å². The minimum absolute atomic E-state index is 0.250. The van der Waals surface area contributed by atoms with Crippen molar-refractivity contribution in [3.63, 3.8) is 0 Å². The highest BCUT2D eigenvalue weighted by Crippen LogP contribution is 2.42. The third-order valence-corrected chi connectivity index (χ3v) is 4.66. The molecule has 1 heterocycles. The summed E-state index contributed by atoms with van der Waals surface area (Å²) in [5, 5.41) is 12.3. The maximum Gasteiger partial charge on any atom is 0.123 e. The van der Waals surface area contributed by atoms with E-state index in [-0.39, 0.29) is 5.82 Å². The van der Waals surface area contributed by atoms with Crippen LogP contribution in [-0.2, 0) is 16.8 Å². The Morgan fingerprint density at radius 3 is 2.75 bits per heavy atom. The lowest BCUT2D eigenvalue weighted by Gasteiger charge is -2.40. The van der Waals surface area contributed by atoms with Gasteiger partial charge in [-0.1, -0.05) is 18.2 Å². The van der Waals surface area contributed by atoms with E-state index in [4.69, 9.17) is 10.00 Å². The lowest BCUT2D eigenvalue weighted by atomic mass is 9.77. The summed E-state index contributed by atoms with van der Waals surface area (Å²) in [6, 6.07) is 14.6. The summed E-state index contributed by atoms with van der Waals surface area (Å²) in [4.78, 5) is 0. The van der Waals surface area contributed by atoms with Gasteiger partial charge in [0.2, 0.25) is 0 Å². The van der Waals surface area contributed by atoms with Gasteiger partial charge in [-0.05, 0) is 73.8 Å². The number of fused-ring (bicyclic) bond motifs is 1. The molecule has 2 aromatic rings. The molecule has 3 rings (SSSR count). The van der Waals surface area contributed by atoms with E-state index in [1.165, 1.54) is 12.1 Å². The number of hydrogen-bond acceptors (Lipinski definition) is 3. The molecule has 1 aliphatic heterocycles. The molecule has 24 heavy (non-hydrogen) atoms. The highest BCUT2D eigenvalue weighted by Gasteiger charge is 2.39. The fraction of sp³-hybridized carbons (Fsp3) is 0.350. The van der Waals surface area contributed by atoms with Gasteiger partial charge in [0.15, 0.2) is 0 Å². The molecule has 4 heteroatoms. The average Bonchev–Trinajstić information content (AvgIpc) is 2.62. The van der Waals surface area contributed by atoms with Crippen LogP contribution in [0.5, 0.6) is 0 Å². The summed E-state index contributed by atoms with van der Waals surface area (Å²) in [7, 11) is 1.93. The molecule has 0 aromatic heterocycles. The first-order valence-corrected chi connectivity index (χ1v) is 8.28. The van der Waals surface area contributed by atoms with Crippen LogP contribution >= 0.6 is 0 Å². The molecule has 1 unspecified atom stereocenters. The summed E-state index contributed by atoms with van der Waals surface area (Å²) in [6.45, 7) is 1.48. The molecule has 0 amide bonds. The standard InChI is InChI=1S/C20H21FN2O/c1-23-11-2-10-20(17-4-6-18(21)7-5-17)19-8-3-15(14-22)13-16(19)9-12-24-20/h3-8,13,23H,2,9-12H2,1H3. The smallest absolute Gasteiger partial charge is 0.123 e. The zero-order valence-electron chi connectivity index (χ0n) is 13.8. The zero-order valence-corrected chi connectivity index (χ0v) is 13.8. The van der Waals surface area contributed by atoms with Crippen molar-refractivity contribution in [2.45, 2.75) is 24.9 Å². The van der Waals surface area contributed by atoms with Crippen LogP contribution in [0.25, 0.3) is 0 Å². The average molecular weight is 324 g/mol. The Bertz CT molecular complexity index is 751. The van der Waals surface area contributed by atoms with Crippen LogP contribution in [0.2, 0.25) is 0 Å². The summed E-state index contributed by atoms with van der Waals surface area (Å²) in [5.74, 6) is -0.250. The largest absolute Gasteiger partial charge is 0.365 e. The Morgan fingerprint density at radius 1 is 1.25 bits per heavy atom. The monoisotopic (exact) mass is 324 g/mol. The highest BCUT2D eigenvalue weighted by molar-refractivity contribution is 5.47. The van der Waals surface area contributed by atoms with Gasteiger partial charge in [0, 0.05) is 0 Å². The summed E-state index contributed by atoms with van der Waals surface area (Å²) in [5.41, 5.74) is 3.29. The normalized spacial score (nSPS) is 19.5. The van der Waals surface area contributed by atoms with Crippen LogP contribution in [0.3, 0.4) is 0 Å². The maximum absolute atomic E-state index is 13.4. The van der Waals surface area contributed by atoms with Crippen molar-refractivity contribution in [3.05, 3.63) is 70.5 Å². The topological polar surface area (TPSA) is 45.0 Å². The molecule has 1 N–H and O–H groups in total. The van der Waals surface area contributed by atoms with E-state index in [1.807, 2.05) is 37.4 Å². The van der Waals surface area contributed by atoms with Crippen molar-refractivity contribution in [1.82, 2.24) is 5.32 Å². The van der Waals surface area contributed by atoms with Crippen LogP contribution in [-0.4, -0.2) is 20.2 Å². The van der Waals surface area contributed by atoms with Gasteiger partial charge in [0.05, 0.1) is 18.2 Å². The molecule has 1 atom stereocenters. The van der Waals surface area contributed by atoms with E-state index in [9.17, 15) is 4.39 Å².